The van der Waals surface area contributed by atoms with Crippen LogP contribution in [0.2, 0.25) is 0 Å². The van der Waals surface area contributed by atoms with E-state index >= 15 is 0 Å². The zero-order valence-electron chi connectivity index (χ0n) is 15.1. The van der Waals surface area contributed by atoms with Gasteiger partial charge in [0.15, 0.2) is 28.6 Å². The minimum atomic E-state index is -4.52. The molecule has 0 saturated carbocycles. The predicted octanol–water partition coefficient (Wildman–Crippen LogP) is 3.47. The van der Waals surface area contributed by atoms with E-state index in [0.29, 0.717) is 28.3 Å². The van der Waals surface area contributed by atoms with Gasteiger partial charge in [0, 0.05) is 30.6 Å². The molecule has 0 unspecified atom stereocenters. The van der Waals surface area contributed by atoms with E-state index in [0.717, 1.165) is 6.26 Å². The summed E-state index contributed by atoms with van der Waals surface area (Å²) < 4.78 is 71.6. The highest BCUT2D eigenvalue weighted by Gasteiger charge is 2.31. The molecule has 10 heteroatoms. The Morgan fingerprint density at radius 1 is 1.32 bits per heavy atom. The average Bonchev–Trinajstić information content (AvgIpc) is 3.04. The van der Waals surface area contributed by atoms with Gasteiger partial charge in [-0.05, 0) is 17.7 Å². The molecular weight excluding hydrogens is 397 g/mol. The number of rotatable bonds is 5. The van der Waals surface area contributed by atoms with Gasteiger partial charge in [0.2, 0.25) is 0 Å². The molecule has 3 rings (SSSR count). The van der Waals surface area contributed by atoms with Crippen molar-refractivity contribution in [2.24, 2.45) is 0 Å². The molecule has 0 atom stereocenters. The maximum atomic E-state index is 12.7. The predicted molar refractivity (Wildman–Crippen MR) is 96.9 cm³/mol. The van der Waals surface area contributed by atoms with Gasteiger partial charge in [-0.1, -0.05) is 12.6 Å². The summed E-state index contributed by atoms with van der Waals surface area (Å²) >= 11 is 0. The largest absolute Gasteiger partial charge is 0.483 e. The highest BCUT2D eigenvalue weighted by atomic mass is 32.2. The van der Waals surface area contributed by atoms with Crippen LogP contribution in [-0.4, -0.2) is 44.4 Å². The number of alkyl halides is 3. The molecule has 0 spiro atoms. The van der Waals surface area contributed by atoms with Gasteiger partial charge >= 0.3 is 6.18 Å². The first-order chi connectivity index (χ1) is 12.9. The quantitative estimate of drug-likeness (QED) is 0.746. The van der Waals surface area contributed by atoms with Crippen molar-refractivity contribution >= 4 is 21.1 Å². The van der Waals surface area contributed by atoms with Crippen LogP contribution in [0.4, 0.5) is 13.2 Å². The van der Waals surface area contributed by atoms with Crippen LogP contribution in [-0.2, 0) is 15.6 Å². The fraction of sp³-hybridized carbons (Fsp3) is 0.278. The molecule has 0 bridgehead atoms. The number of benzene rings is 1. The summed E-state index contributed by atoms with van der Waals surface area (Å²) in [5, 5.41) is 0. The van der Waals surface area contributed by atoms with E-state index in [2.05, 4.69) is 11.6 Å². The van der Waals surface area contributed by atoms with Crippen molar-refractivity contribution in [1.82, 2.24) is 9.88 Å². The second-order valence-electron chi connectivity index (χ2n) is 6.43. The Morgan fingerprint density at radius 3 is 2.68 bits per heavy atom. The van der Waals surface area contributed by atoms with Crippen molar-refractivity contribution in [3.8, 4) is 5.75 Å². The first-order valence-corrected chi connectivity index (χ1v) is 10.1. The van der Waals surface area contributed by atoms with E-state index in [4.69, 9.17) is 9.15 Å². The summed E-state index contributed by atoms with van der Waals surface area (Å²) in [5.74, 6) is -0.000837. The number of oxazole rings is 1. The Balaban J connectivity index is 2.12. The van der Waals surface area contributed by atoms with Crippen molar-refractivity contribution in [2.75, 3.05) is 19.9 Å². The normalized spacial score (nSPS) is 14.7. The monoisotopic (exact) mass is 414 g/mol. The molecule has 6 nitrogen and oxygen atoms in total. The molecule has 1 aromatic heterocycles. The lowest BCUT2D eigenvalue weighted by atomic mass is 9.97. The van der Waals surface area contributed by atoms with Crippen molar-refractivity contribution < 1.29 is 30.7 Å². The fourth-order valence-electron chi connectivity index (χ4n) is 2.80. The molecule has 0 aliphatic carbocycles. The van der Waals surface area contributed by atoms with Gasteiger partial charge in [-0.25, -0.2) is 13.4 Å². The van der Waals surface area contributed by atoms with Gasteiger partial charge in [-0.15, -0.1) is 0 Å². The van der Waals surface area contributed by atoms with E-state index in [1.165, 1.54) is 24.6 Å². The van der Waals surface area contributed by atoms with Crippen LogP contribution in [0.15, 0.2) is 41.8 Å². The van der Waals surface area contributed by atoms with Crippen LogP contribution in [0.3, 0.4) is 0 Å². The average molecular weight is 414 g/mol. The van der Waals surface area contributed by atoms with Crippen LogP contribution >= 0.6 is 0 Å². The van der Waals surface area contributed by atoms with Gasteiger partial charge < -0.3 is 14.1 Å². The van der Waals surface area contributed by atoms with Crippen LogP contribution < -0.4 is 4.74 Å². The second kappa shape index (κ2) is 7.01. The molecule has 0 saturated heterocycles. The van der Waals surface area contributed by atoms with Crippen LogP contribution in [0.1, 0.15) is 22.6 Å². The topological polar surface area (TPSA) is 72.6 Å². The highest BCUT2D eigenvalue weighted by Crippen LogP contribution is 2.39. The molecule has 1 aliphatic rings. The third-order valence-corrected chi connectivity index (χ3v) is 4.85. The van der Waals surface area contributed by atoms with Crippen LogP contribution in [0, 0.1) is 0 Å². The maximum Gasteiger partial charge on any atom is 0.422 e. The van der Waals surface area contributed by atoms with Crippen molar-refractivity contribution in [2.45, 2.75) is 11.9 Å². The molecule has 2 aromatic rings. The molecule has 0 radical (unpaired) electrons. The van der Waals surface area contributed by atoms with Crippen LogP contribution in [0.5, 0.6) is 5.75 Å². The Hall–Kier alpha value is -2.75. The summed E-state index contributed by atoms with van der Waals surface area (Å²) in [6.07, 6.45) is -0.617. The third kappa shape index (κ3) is 4.38. The Morgan fingerprint density at radius 2 is 2.04 bits per heavy atom. The molecule has 2 heterocycles. The standard InChI is InChI=1S/C18H17F3N2O4S/c1-11-16-17(27-10-22-16)14(7-23(11)2)13-6-12(8-28(3,24)25)4-5-15(13)26-9-18(19,20)21/h4-7,10H,1,8-9H2,2-3H3. The van der Waals surface area contributed by atoms with Gasteiger partial charge in [0.1, 0.15) is 11.4 Å². The van der Waals surface area contributed by atoms with E-state index in [1.807, 2.05) is 0 Å². The summed E-state index contributed by atoms with van der Waals surface area (Å²) in [7, 11) is -1.64. The zero-order chi connectivity index (χ0) is 20.7. The third-order valence-electron chi connectivity index (χ3n) is 3.99. The fourth-order valence-corrected chi connectivity index (χ4v) is 3.58. The van der Waals surface area contributed by atoms with Crippen molar-refractivity contribution in [3.05, 3.63) is 60.0 Å². The summed E-state index contributed by atoms with van der Waals surface area (Å²) in [4.78, 5) is 5.75. The van der Waals surface area contributed by atoms with E-state index in [9.17, 15) is 21.6 Å². The number of hydrogen-bond donors (Lipinski definition) is 0. The number of hydrogen-bond acceptors (Lipinski definition) is 6. The molecule has 0 amide bonds. The first kappa shape index (κ1) is 20.0. The lowest BCUT2D eigenvalue weighted by Crippen LogP contribution is -2.20. The van der Waals surface area contributed by atoms with Gasteiger partial charge in [0.05, 0.1) is 11.4 Å². The molecule has 0 fully saturated rings. The maximum absolute atomic E-state index is 12.7. The summed E-state index contributed by atoms with van der Waals surface area (Å²) in [5.41, 5.74) is 2.08. The number of halogens is 3. The number of ether oxygens (including phenoxy) is 1. The molecule has 28 heavy (non-hydrogen) atoms. The Labute approximate surface area is 159 Å². The lowest BCUT2D eigenvalue weighted by Gasteiger charge is -2.24. The van der Waals surface area contributed by atoms with Crippen LogP contribution in [0.25, 0.3) is 11.3 Å². The molecule has 1 aromatic carbocycles. The second-order valence-corrected chi connectivity index (χ2v) is 8.58. The molecular formula is C18H17F3N2O4S. The SMILES string of the molecule is C=C1c2ncoc2C(c2cc(CS(C)(=O)=O)ccc2OCC(F)(F)F)=CN1C. The lowest BCUT2D eigenvalue weighted by molar-refractivity contribution is -0.153. The summed E-state index contributed by atoms with van der Waals surface area (Å²) in [6, 6.07) is 4.22. The number of fused-ring (bicyclic) bond motifs is 1. The van der Waals surface area contributed by atoms with E-state index < -0.39 is 22.6 Å². The zero-order valence-corrected chi connectivity index (χ0v) is 15.9. The van der Waals surface area contributed by atoms with Gasteiger partial charge in [-0.2, -0.15) is 13.2 Å². The smallest absolute Gasteiger partial charge is 0.422 e. The Bertz CT molecular complexity index is 1060. The molecule has 150 valence electrons. The molecule has 0 N–H and O–H groups in total. The van der Waals surface area contributed by atoms with E-state index in [-0.39, 0.29) is 17.1 Å². The number of sulfone groups is 1. The first-order valence-electron chi connectivity index (χ1n) is 8.03. The van der Waals surface area contributed by atoms with E-state index in [1.54, 1.807) is 18.1 Å². The Kier molecular flexibility index (Phi) is 5.00. The van der Waals surface area contributed by atoms with Gasteiger partial charge in [0.25, 0.3) is 0 Å². The summed E-state index contributed by atoms with van der Waals surface area (Å²) in [6.45, 7) is 2.41. The van der Waals surface area contributed by atoms with Gasteiger partial charge in [-0.3, -0.25) is 0 Å². The highest BCUT2D eigenvalue weighted by molar-refractivity contribution is 7.89. The minimum absolute atomic E-state index is 0.0518. The number of nitrogens with zero attached hydrogens (tertiary/aromatic N) is 2. The number of aromatic nitrogens is 1. The van der Waals surface area contributed by atoms with Crippen molar-refractivity contribution in [3.63, 3.8) is 0 Å². The van der Waals surface area contributed by atoms with Crippen molar-refractivity contribution in [1.29, 1.82) is 0 Å². The molecule has 1 aliphatic heterocycles. The minimum Gasteiger partial charge on any atom is -0.483 e.